The Balaban J connectivity index is 1.74. The fraction of sp³-hybridized carbons (Fsp3) is 0.529. The van der Waals surface area contributed by atoms with Gasteiger partial charge in [-0.25, -0.2) is 4.98 Å². The number of aryl methyl sites for hydroxylation is 1. The Morgan fingerprint density at radius 1 is 1.24 bits per heavy atom. The predicted molar refractivity (Wildman–Crippen MR) is 86.1 cm³/mol. The van der Waals surface area contributed by atoms with E-state index in [1.807, 2.05) is 6.92 Å². The molecule has 0 bridgehead atoms. The van der Waals surface area contributed by atoms with Crippen LogP contribution in [0.5, 0.6) is 0 Å². The molecule has 0 amide bonds. The number of aromatic amines is 1. The zero-order valence-corrected chi connectivity index (χ0v) is 13.1. The van der Waals surface area contributed by atoms with Crippen molar-refractivity contribution in [3.63, 3.8) is 0 Å². The van der Waals surface area contributed by atoms with Crippen molar-refractivity contribution in [1.29, 1.82) is 0 Å². The van der Waals surface area contributed by atoms with E-state index in [4.69, 9.17) is 0 Å². The molecule has 0 spiro atoms. The SMILES string of the molecule is Cc1nc(-c2cccc(NC3CCC(C)CC3C)c2)n[nH]1. The third kappa shape index (κ3) is 3.26. The first kappa shape index (κ1) is 14.1. The van der Waals surface area contributed by atoms with Crippen molar-refractivity contribution in [2.24, 2.45) is 11.8 Å². The predicted octanol–water partition coefficient (Wildman–Crippen LogP) is 4.02. The van der Waals surface area contributed by atoms with E-state index in [-0.39, 0.29) is 0 Å². The smallest absolute Gasteiger partial charge is 0.181 e. The van der Waals surface area contributed by atoms with Crippen LogP contribution in [0.4, 0.5) is 5.69 Å². The van der Waals surface area contributed by atoms with Gasteiger partial charge < -0.3 is 5.32 Å². The summed E-state index contributed by atoms with van der Waals surface area (Å²) in [7, 11) is 0. The Morgan fingerprint density at radius 3 is 2.81 bits per heavy atom. The van der Waals surface area contributed by atoms with Crippen LogP contribution in [0.2, 0.25) is 0 Å². The van der Waals surface area contributed by atoms with Crippen LogP contribution in [0.3, 0.4) is 0 Å². The maximum absolute atomic E-state index is 4.40. The standard InChI is InChI=1S/C17H24N4/c1-11-7-8-16(12(2)9-11)19-15-6-4-5-14(10-15)17-18-13(3)20-21-17/h4-6,10-12,16,19H,7-9H2,1-3H3,(H,18,20,21). The van der Waals surface area contributed by atoms with Crippen molar-refractivity contribution in [3.8, 4) is 11.4 Å². The molecule has 1 heterocycles. The quantitative estimate of drug-likeness (QED) is 0.895. The maximum atomic E-state index is 4.40. The molecule has 1 aromatic carbocycles. The van der Waals surface area contributed by atoms with Gasteiger partial charge in [-0.1, -0.05) is 26.0 Å². The molecule has 112 valence electrons. The summed E-state index contributed by atoms with van der Waals surface area (Å²) in [6.45, 7) is 6.64. The number of nitrogens with one attached hydrogen (secondary N) is 2. The summed E-state index contributed by atoms with van der Waals surface area (Å²) in [5, 5.41) is 10.8. The van der Waals surface area contributed by atoms with Gasteiger partial charge in [0.1, 0.15) is 5.82 Å². The van der Waals surface area contributed by atoms with Crippen molar-refractivity contribution < 1.29 is 0 Å². The number of benzene rings is 1. The van der Waals surface area contributed by atoms with Crippen LogP contribution < -0.4 is 5.32 Å². The zero-order chi connectivity index (χ0) is 14.8. The first-order valence-electron chi connectivity index (χ1n) is 7.88. The minimum absolute atomic E-state index is 0.574. The summed E-state index contributed by atoms with van der Waals surface area (Å²) in [6.07, 6.45) is 3.89. The molecule has 4 nitrogen and oxygen atoms in total. The Bertz CT molecular complexity index is 604. The first-order chi connectivity index (χ1) is 10.1. The van der Waals surface area contributed by atoms with Gasteiger partial charge in [0.25, 0.3) is 0 Å². The van der Waals surface area contributed by atoms with Gasteiger partial charge in [-0.2, -0.15) is 5.10 Å². The molecule has 1 aliphatic rings. The highest BCUT2D eigenvalue weighted by molar-refractivity contribution is 5.62. The highest BCUT2D eigenvalue weighted by Gasteiger charge is 2.25. The third-order valence-electron chi connectivity index (χ3n) is 4.50. The van der Waals surface area contributed by atoms with Gasteiger partial charge in [0.05, 0.1) is 0 Å². The van der Waals surface area contributed by atoms with Crippen LogP contribution in [0.15, 0.2) is 24.3 Å². The second-order valence-electron chi connectivity index (χ2n) is 6.47. The van der Waals surface area contributed by atoms with E-state index in [0.29, 0.717) is 6.04 Å². The van der Waals surface area contributed by atoms with Gasteiger partial charge >= 0.3 is 0 Å². The van der Waals surface area contributed by atoms with Gasteiger partial charge in [-0.3, -0.25) is 5.10 Å². The highest BCUT2D eigenvalue weighted by Crippen LogP contribution is 2.31. The van der Waals surface area contributed by atoms with Crippen molar-refractivity contribution >= 4 is 5.69 Å². The summed E-state index contributed by atoms with van der Waals surface area (Å²) in [4.78, 5) is 4.40. The molecular weight excluding hydrogens is 260 g/mol. The number of nitrogens with zero attached hydrogens (tertiary/aromatic N) is 2. The minimum Gasteiger partial charge on any atom is -0.382 e. The molecule has 2 N–H and O–H groups in total. The number of rotatable bonds is 3. The van der Waals surface area contributed by atoms with Gasteiger partial charge in [-0.05, 0) is 50.2 Å². The Labute approximate surface area is 126 Å². The van der Waals surface area contributed by atoms with Gasteiger partial charge in [0.15, 0.2) is 5.82 Å². The molecule has 4 heteroatoms. The summed E-state index contributed by atoms with van der Waals surface area (Å²) >= 11 is 0. The number of hydrogen-bond donors (Lipinski definition) is 2. The van der Waals surface area contributed by atoms with E-state index in [1.54, 1.807) is 0 Å². The van der Waals surface area contributed by atoms with Gasteiger partial charge in [0.2, 0.25) is 0 Å². The van der Waals surface area contributed by atoms with Crippen LogP contribution in [0, 0.1) is 18.8 Å². The summed E-state index contributed by atoms with van der Waals surface area (Å²) < 4.78 is 0. The average Bonchev–Trinajstić information content (AvgIpc) is 2.89. The minimum atomic E-state index is 0.574. The van der Waals surface area contributed by atoms with E-state index < -0.39 is 0 Å². The van der Waals surface area contributed by atoms with E-state index >= 15 is 0 Å². The highest BCUT2D eigenvalue weighted by atomic mass is 15.2. The van der Waals surface area contributed by atoms with E-state index in [1.165, 1.54) is 24.9 Å². The Hall–Kier alpha value is -1.84. The lowest BCUT2D eigenvalue weighted by Gasteiger charge is -2.33. The van der Waals surface area contributed by atoms with E-state index in [2.05, 4.69) is 58.6 Å². The van der Waals surface area contributed by atoms with Crippen LogP contribution >= 0.6 is 0 Å². The number of aromatic nitrogens is 3. The molecule has 3 atom stereocenters. The molecule has 3 rings (SSSR count). The zero-order valence-electron chi connectivity index (χ0n) is 13.1. The Kier molecular flexibility index (Phi) is 3.95. The third-order valence-corrected chi connectivity index (χ3v) is 4.50. The van der Waals surface area contributed by atoms with Crippen molar-refractivity contribution in [2.75, 3.05) is 5.32 Å². The summed E-state index contributed by atoms with van der Waals surface area (Å²) in [5.74, 6) is 3.20. The van der Waals surface area contributed by atoms with Crippen LogP contribution in [0.1, 0.15) is 38.9 Å². The average molecular weight is 284 g/mol. The topological polar surface area (TPSA) is 53.6 Å². The largest absolute Gasteiger partial charge is 0.382 e. The second kappa shape index (κ2) is 5.88. The molecule has 2 aromatic rings. The summed E-state index contributed by atoms with van der Waals surface area (Å²) in [5.41, 5.74) is 2.22. The molecule has 1 aromatic heterocycles. The van der Waals surface area contributed by atoms with Gasteiger partial charge in [-0.15, -0.1) is 0 Å². The molecular formula is C17H24N4. The first-order valence-corrected chi connectivity index (χ1v) is 7.88. The molecule has 1 saturated carbocycles. The molecule has 0 saturated heterocycles. The van der Waals surface area contributed by atoms with Crippen molar-refractivity contribution in [3.05, 3.63) is 30.1 Å². The second-order valence-corrected chi connectivity index (χ2v) is 6.47. The number of anilines is 1. The van der Waals surface area contributed by atoms with Crippen LogP contribution in [-0.4, -0.2) is 21.2 Å². The monoisotopic (exact) mass is 284 g/mol. The molecule has 0 radical (unpaired) electrons. The van der Waals surface area contributed by atoms with Crippen molar-refractivity contribution in [1.82, 2.24) is 15.2 Å². The van der Waals surface area contributed by atoms with Gasteiger partial charge in [0, 0.05) is 17.3 Å². The maximum Gasteiger partial charge on any atom is 0.181 e. The molecule has 21 heavy (non-hydrogen) atoms. The molecule has 1 aliphatic carbocycles. The molecule has 0 aliphatic heterocycles. The fourth-order valence-electron chi connectivity index (χ4n) is 3.31. The van der Waals surface area contributed by atoms with Crippen molar-refractivity contribution in [2.45, 2.75) is 46.1 Å². The lowest BCUT2D eigenvalue weighted by Crippen LogP contribution is -2.32. The Morgan fingerprint density at radius 2 is 2.10 bits per heavy atom. The lowest BCUT2D eigenvalue weighted by molar-refractivity contribution is 0.276. The van der Waals surface area contributed by atoms with Crippen LogP contribution in [-0.2, 0) is 0 Å². The normalized spacial score (nSPS) is 25.8. The summed E-state index contributed by atoms with van der Waals surface area (Å²) in [6, 6.07) is 8.98. The molecule has 1 fully saturated rings. The molecule has 3 unspecified atom stereocenters. The lowest BCUT2D eigenvalue weighted by atomic mass is 9.80. The van der Waals surface area contributed by atoms with E-state index in [0.717, 1.165) is 29.0 Å². The van der Waals surface area contributed by atoms with E-state index in [9.17, 15) is 0 Å². The van der Waals surface area contributed by atoms with Crippen LogP contribution in [0.25, 0.3) is 11.4 Å². The number of H-pyrrole nitrogens is 1. The number of hydrogen-bond acceptors (Lipinski definition) is 3. The fourth-order valence-corrected chi connectivity index (χ4v) is 3.31.